The van der Waals surface area contributed by atoms with Gasteiger partial charge in [-0.25, -0.2) is 0 Å². The maximum Gasteiger partial charge on any atom is 0.261 e. The summed E-state index contributed by atoms with van der Waals surface area (Å²) >= 11 is 0. The highest BCUT2D eigenvalue weighted by Crippen LogP contribution is 2.16. The SMILES string of the molecule is Cc1c(C(=O)NCC(C)O)c(=O)[nH]c2ccccc12. The fourth-order valence-corrected chi connectivity index (χ4v) is 2.01. The van der Waals surface area contributed by atoms with Crippen molar-refractivity contribution in [1.82, 2.24) is 10.3 Å². The number of amides is 1. The topological polar surface area (TPSA) is 82.2 Å². The van der Waals surface area contributed by atoms with Crippen LogP contribution in [0.4, 0.5) is 0 Å². The first-order valence-corrected chi connectivity index (χ1v) is 6.08. The molecule has 1 amide bonds. The van der Waals surface area contributed by atoms with Gasteiger partial charge >= 0.3 is 0 Å². The second-order valence-corrected chi connectivity index (χ2v) is 4.56. The fraction of sp³-hybridized carbons (Fsp3) is 0.286. The number of aryl methyl sites for hydroxylation is 1. The van der Waals surface area contributed by atoms with Crippen LogP contribution in [0, 0.1) is 6.92 Å². The van der Waals surface area contributed by atoms with E-state index in [2.05, 4.69) is 10.3 Å². The Morgan fingerprint density at radius 2 is 2.11 bits per heavy atom. The summed E-state index contributed by atoms with van der Waals surface area (Å²) in [5, 5.41) is 12.5. The number of H-pyrrole nitrogens is 1. The van der Waals surface area contributed by atoms with E-state index >= 15 is 0 Å². The summed E-state index contributed by atoms with van der Waals surface area (Å²) in [5.41, 5.74) is 1.03. The van der Waals surface area contributed by atoms with Crippen LogP contribution in [0.5, 0.6) is 0 Å². The summed E-state index contributed by atoms with van der Waals surface area (Å²) in [4.78, 5) is 26.6. The molecule has 0 aliphatic heterocycles. The van der Waals surface area contributed by atoms with Crippen LogP contribution in [0.2, 0.25) is 0 Å². The maximum absolute atomic E-state index is 12.0. The molecule has 5 heteroatoms. The number of aromatic nitrogens is 1. The molecule has 100 valence electrons. The Morgan fingerprint density at radius 3 is 2.79 bits per heavy atom. The number of aromatic amines is 1. The number of aliphatic hydroxyl groups excluding tert-OH is 1. The lowest BCUT2D eigenvalue weighted by Gasteiger charge is -2.10. The summed E-state index contributed by atoms with van der Waals surface area (Å²) in [6, 6.07) is 7.32. The molecule has 19 heavy (non-hydrogen) atoms. The van der Waals surface area contributed by atoms with Gasteiger partial charge in [0.25, 0.3) is 11.5 Å². The van der Waals surface area contributed by atoms with Crippen molar-refractivity contribution in [2.45, 2.75) is 20.0 Å². The summed E-state index contributed by atoms with van der Waals surface area (Å²) < 4.78 is 0. The molecular formula is C14H16N2O3. The van der Waals surface area contributed by atoms with Crippen LogP contribution in [0.1, 0.15) is 22.8 Å². The number of rotatable bonds is 3. The van der Waals surface area contributed by atoms with Crippen molar-refractivity contribution in [2.75, 3.05) is 6.54 Å². The van der Waals surface area contributed by atoms with E-state index in [1.54, 1.807) is 19.9 Å². The normalized spacial score (nSPS) is 12.4. The van der Waals surface area contributed by atoms with Gasteiger partial charge in [-0.05, 0) is 25.5 Å². The lowest BCUT2D eigenvalue weighted by molar-refractivity contribution is 0.0922. The van der Waals surface area contributed by atoms with E-state index in [0.29, 0.717) is 11.1 Å². The van der Waals surface area contributed by atoms with Gasteiger partial charge < -0.3 is 15.4 Å². The third kappa shape index (κ3) is 2.66. The first-order chi connectivity index (χ1) is 9.00. The molecular weight excluding hydrogens is 244 g/mol. The second-order valence-electron chi connectivity index (χ2n) is 4.56. The van der Waals surface area contributed by atoms with E-state index < -0.39 is 17.6 Å². The Balaban J connectivity index is 2.49. The van der Waals surface area contributed by atoms with E-state index in [1.807, 2.05) is 18.2 Å². The number of aliphatic hydroxyl groups is 1. The van der Waals surface area contributed by atoms with Gasteiger partial charge in [0.2, 0.25) is 0 Å². The fourth-order valence-electron chi connectivity index (χ4n) is 2.01. The molecule has 1 aromatic heterocycles. The summed E-state index contributed by atoms with van der Waals surface area (Å²) in [6.07, 6.45) is -0.649. The largest absolute Gasteiger partial charge is 0.392 e. The van der Waals surface area contributed by atoms with Gasteiger partial charge in [0.05, 0.1) is 6.10 Å². The van der Waals surface area contributed by atoms with Crippen molar-refractivity contribution in [3.63, 3.8) is 0 Å². The molecule has 5 nitrogen and oxygen atoms in total. The van der Waals surface area contributed by atoms with Crippen LogP contribution in [0.3, 0.4) is 0 Å². The summed E-state index contributed by atoms with van der Waals surface area (Å²) in [5.74, 6) is -0.467. The molecule has 0 fully saturated rings. The zero-order valence-electron chi connectivity index (χ0n) is 10.9. The van der Waals surface area contributed by atoms with Crippen LogP contribution in [0.15, 0.2) is 29.1 Å². The zero-order chi connectivity index (χ0) is 14.0. The van der Waals surface area contributed by atoms with E-state index in [9.17, 15) is 9.59 Å². The van der Waals surface area contributed by atoms with Crippen LogP contribution in [-0.4, -0.2) is 28.6 Å². The van der Waals surface area contributed by atoms with Crippen molar-refractivity contribution in [3.8, 4) is 0 Å². The standard InChI is InChI=1S/C14H16N2O3/c1-8(17)7-15-13(18)12-9(2)10-5-3-4-6-11(10)16-14(12)19/h3-6,8,17H,7H2,1-2H3,(H,15,18)(H,16,19). The highest BCUT2D eigenvalue weighted by Gasteiger charge is 2.16. The molecule has 1 aromatic carbocycles. The monoisotopic (exact) mass is 260 g/mol. The number of benzene rings is 1. The number of carbonyl (C=O) groups is 1. The lowest BCUT2D eigenvalue weighted by atomic mass is 10.0. The number of fused-ring (bicyclic) bond motifs is 1. The third-order valence-corrected chi connectivity index (χ3v) is 2.97. The third-order valence-electron chi connectivity index (χ3n) is 2.97. The van der Waals surface area contributed by atoms with Gasteiger partial charge in [0.1, 0.15) is 5.56 Å². The molecule has 2 aromatic rings. The van der Waals surface area contributed by atoms with Gasteiger partial charge in [-0.2, -0.15) is 0 Å². The van der Waals surface area contributed by atoms with Crippen LogP contribution in [-0.2, 0) is 0 Å². The Bertz CT molecular complexity index is 674. The first-order valence-electron chi connectivity index (χ1n) is 6.08. The Kier molecular flexibility index (Phi) is 3.66. The van der Waals surface area contributed by atoms with Crippen molar-refractivity contribution < 1.29 is 9.90 Å². The Labute approximate surface area is 110 Å². The van der Waals surface area contributed by atoms with Crippen molar-refractivity contribution in [2.24, 2.45) is 0 Å². The van der Waals surface area contributed by atoms with Crippen molar-refractivity contribution >= 4 is 16.8 Å². The second kappa shape index (κ2) is 5.24. The molecule has 0 radical (unpaired) electrons. The van der Waals surface area contributed by atoms with E-state index in [4.69, 9.17) is 5.11 Å². The number of carbonyl (C=O) groups excluding carboxylic acids is 1. The molecule has 0 saturated heterocycles. The highest BCUT2D eigenvalue weighted by molar-refractivity contribution is 5.99. The molecule has 0 aliphatic carbocycles. The van der Waals surface area contributed by atoms with Crippen molar-refractivity contribution in [1.29, 1.82) is 0 Å². The molecule has 0 saturated carbocycles. The van der Waals surface area contributed by atoms with Gasteiger partial charge in [0.15, 0.2) is 0 Å². The zero-order valence-corrected chi connectivity index (χ0v) is 10.9. The molecule has 0 bridgehead atoms. The average molecular weight is 260 g/mol. The molecule has 1 atom stereocenters. The number of pyridine rings is 1. The number of hydrogen-bond acceptors (Lipinski definition) is 3. The summed E-state index contributed by atoms with van der Waals surface area (Å²) in [6.45, 7) is 3.43. The minimum Gasteiger partial charge on any atom is -0.392 e. The number of para-hydroxylation sites is 1. The lowest BCUT2D eigenvalue weighted by Crippen LogP contribution is -2.35. The molecule has 0 spiro atoms. The van der Waals surface area contributed by atoms with Gasteiger partial charge in [-0.3, -0.25) is 9.59 Å². The van der Waals surface area contributed by atoms with Gasteiger partial charge in [-0.15, -0.1) is 0 Å². The highest BCUT2D eigenvalue weighted by atomic mass is 16.3. The minimum absolute atomic E-state index is 0.0966. The molecule has 3 N–H and O–H groups in total. The molecule has 1 heterocycles. The molecule has 0 aliphatic rings. The predicted octanol–water partition coefficient (Wildman–Crippen LogP) is 0.947. The van der Waals surface area contributed by atoms with E-state index in [1.165, 1.54) is 0 Å². The van der Waals surface area contributed by atoms with Gasteiger partial charge in [0, 0.05) is 17.4 Å². The van der Waals surface area contributed by atoms with Crippen LogP contribution in [0.25, 0.3) is 10.9 Å². The molecule has 2 rings (SSSR count). The van der Waals surface area contributed by atoms with Crippen LogP contribution >= 0.6 is 0 Å². The van der Waals surface area contributed by atoms with Crippen LogP contribution < -0.4 is 10.9 Å². The smallest absolute Gasteiger partial charge is 0.261 e. The molecule has 1 unspecified atom stereocenters. The van der Waals surface area contributed by atoms with Gasteiger partial charge in [-0.1, -0.05) is 18.2 Å². The Morgan fingerprint density at radius 1 is 1.42 bits per heavy atom. The summed E-state index contributed by atoms with van der Waals surface area (Å²) in [7, 11) is 0. The van der Waals surface area contributed by atoms with Crippen molar-refractivity contribution in [3.05, 3.63) is 45.7 Å². The van der Waals surface area contributed by atoms with E-state index in [0.717, 1.165) is 5.39 Å². The maximum atomic E-state index is 12.0. The number of hydrogen-bond donors (Lipinski definition) is 3. The van der Waals surface area contributed by atoms with E-state index in [-0.39, 0.29) is 12.1 Å². The average Bonchev–Trinajstić information content (AvgIpc) is 2.36. The quantitative estimate of drug-likeness (QED) is 0.768. The predicted molar refractivity (Wildman–Crippen MR) is 73.3 cm³/mol. The Hall–Kier alpha value is -2.14. The minimum atomic E-state index is -0.649. The first kappa shape index (κ1) is 13.3. The number of nitrogens with one attached hydrogen (secondary N) is 2.